The molecule has 2 N–H and O–H groups in total. The van der Waals surface area contributed by atoms with Crippen LogP contribution in [0.15, 0.2) is 12.1 Å². The first-order chi connectivity index (χ1) is 9.95. The van der Waals surface area contributed by atoms with E-state index in [1.165, 1.54) is 5.56 Å². The van der Waals surface area contributed by atoms with Gasteiger partial charge in [-0.3, -0.25) is 14.6 Å². The zero-order valence-electron chi connectivity index (χ0n) is 12.8. The highest BCUT2D eigenvalue weighted by Crippen LogP contribution is 2.23. The molecule has 0 radical (unpaired) electrons. The fraction of sp³-hybridized carbons (Fsp3) is 0.562. The van der Waals surface area contributed by atoms with Crippen LogP contribution in [-0.4, -0.2) is 58.7 Å². The number of carboxylic acids is 1. The van der Waals surface area contributed by atoms with Gasteiger partial charge in [0.25, 0.3) is 0 Å². The van der Waals surface area contributed by atoms with Gasteiger partial charge in [0.1, 0.15) is 5.75 Å². The van der Waals surface area contributed by atoms with Crippen molar-refractivity contribution in [1.29, 1.82) is 0 Å². The molecule has 0 aliphatic carbocycles. The van der Waals surface area contributed by atoms with Gasteiger partial charge >= 0.3 is 5.97 Å². The molecule has 5 nitrogen and oxygen atoms in total. The molecule has 0 amide bonds. The number of benzene rings is 1. The molecule has 5 heteroatoms. The fourth-order valence-corrected chi connectivity index (χ4v) is 2.93. The molecule has 116 valence electrons. The number of rotatable bonds is 4. The summed E-state index contributed by atoms with van der Waals surface area (Å²) in [5.74, 6) is -0.379. The SMILES string of the molecule is Cc1cc(CN2CCCN(CC(=O)O)CC2)cc(C)c1O. The molecule has 0 unspecified atom stereocenters. The van der Waals surface area contributed by atoms with E-state index in [1.807, 2.05) is 30.9 Å². The molecule has 0 aromatic heterocycles. The van der Waals surface area contributed by atoms with Crippen LogP contribution in [-0.2, 0) is 11.3 Å². The summed E-state index contributed by atoms with van der Waals surface area (Å²) in [6.07, 6.45) is 0.989. The third kappa shape index (κ3) is 4.44. The zero-order chi connectivity index (χ0) is 15.4. The molecule has 21 heavy (non-hydrogen) atoms. The van der Waals surface area contributed by atoms with Crippen LogP contribution in [0.2, 0.25) is 0 Å². The Kier molecular flexibility index (Phi) is 5.20. The maximum atomic E-state index is 10.8. The van der Waals surface area contributed by atoms with Gasteiger partial charge in [0.2, 0.25) is 0 Å². The van der Waals surface area contributed by atoms with Crippen LogP contribution in [0.25, 0.3) is 0 Å². The molecule has 0 saturated carbocycles. The lowest BCUT2D eigenvalue weighted by Crippen LogP contribution is -2.34. The highest BCUT2D eigenvalue weighted by Gasteiger charge is 2.17. The summed E-state index contributed by atoms with van der Waals surface area (Å²) in [5.41, 5.74) is 3.02. The lowest BCUT2D eigenvalue weighted by molar-refractivity contribution is -0.138. The van der Waals surface area contributed by atoms with E-state index in [4.69, 9.17) is 5.11 Å². The second kappa shape index (κ2) is 6.91. The maximum absolute atomic E-state index is 10.8. The first kappa shape index (κ1) is 15.8. The van der Waals surface area contributed by atoms with Crippen molar-refractivity contribution >= 4 is 5.97 Å². The van der Waals surface area contributed by atoms with Crippen LogP contribution < -0.4 is 0 Å². The van der Waals surface area contributed by atoms with Crippen molar-refractivity contribution < 1.29 is 15.0 Å². The van der Waals surface area contributed by atoms with Gasteiger partial charge in [-0.1, -0.05) is 12.1 Å². The lowest BCUT2D eigenvalue weighted by atomic mass is 10.1. The van der Waals surface area contributed by atoms with Gasteiger partial charge in [0.05, 0.1) is 6.54 Å². The Labute approximate surface area is 125 Å². The van der Waals surface area contributed by atoms with E-state index in [0.29, 0.717) is 5.75 Å². The molecule has 1 heterocycles. The summed E-state index contributed by atoms with van der Waals surface area (Å²) in [6.45, 7) is 8.32. The monoisotopic (exact) mass is 292 g/mol. The molecule has 0 spiro atoms. The number of carboxylic acid groups (broad SMARTS) is 1. The zero-order valence-corrected chi connectivity index (χ0v) is 12.8. The first-order valence-electron chi connectivity index (χ1n) is 7.41. The van der Waals surface area contributed by atoms with Crippen molar-refractivity contribution in [3.63, 3.8) is 0 Å². The average molecular weight is 292 g/mol. The van der Waals surface area contributed by atoms with Gasteiger partial charge in [-0.2, -0.15) is 0 Å². The maximum Gasteiger partial charge on any atom is 0.317 e. The standard InChI is InChI=1S/C16H24N2O3/c1-12-8-14(9-13(2)16(12)21)10-17-4-3-5-18(7-6-17)11-15(19)20/h8-9,21H,3-7,10-11H2,1-2H3,(H,19,20). The van der Waals surface area contributed by atoms with Crippen molar-refractivity contribution in [2.24, 2.45) is 0 Å². The third-order valence-corrected chi connectivity index (χ3v) is 4.00. The van der Waals surface area contributed by atoms with Crippen molar-refractivity contribution in [1.82, 2.24) is 9.80 Å². The molecule has 2 rings (SSSR count). The summed E-state index contributed by atoms with van der Waals surface area (Å²) >= 11 is 0. The molecule has 0 atom stereocenters. The Morgan fingerprint density at radius 3 is 2.29 bits per heavy atom. The first-order valence-corrected chi connectivity index (χ1v) is 7.41. The summed E-state index contributed by atoms with van der Waals surface area (Å²) < 4.78 is 0. The van der Waals surface area contributed by atoms with Crippen LogP contribution in [0.3, 0.4) is 0 Å². The lowest BCUT2D eigenvalue weighted by Gasteiger charge is -2.21. The van der Waals surface area contributed by atoms with E-state index in [9.17, 15) is 9.90 Å². The van der Waals surface area contributed by atoms with Crippen molar-refractivity contribution in [3.05, 3.63) is 28.8 Å². The molecule has 1 fully saturated rings. The van der Waals surface area contributed by atoms with Crippen LogP contribution in [0, 0.1) is 13.8 Å². The second-order valence-electron chi connectivity index (χ2n) is 5.88. The highest BCUT2D eigenvalue weighted by atomic mass is 16.4. The van der Waals surface area contributed by atoms with E-state index < -0.39 is 5.97 Å². The Bertz CT molecular complexity index is 493. The second-order valence-corrected chi connectivity index (χ2v) is 5.88. The van der Waals surface area contributed by atoms with Gasteiger partial charge < -0.3 is 10.2 Å². The Balaban J connectivity index is 1.96. The quantitative estimate of drug-likeness (QED) is 0.882. The van der Waals surface area contributed by atoms with Crippen molar-refractivity contribution in [2.75, 3.05) is 32.7 Å². The number of aromatic hydroxyl groups is 1. The number of carbonyl (C=O) groups is 1. The summed E-state index contributed by atoms with van der Waals surface area (Å²) in [5, 5.41) is 18.7. The molecule has 0 bridgehead atoms. The summed E-state index contributed by atoms with van der Waals surface area (Å²) in [7, 11) is 0. The topological polar surface area (TPSA) is 64.0 Å². The number of hydrogen-bond acceptors (Lipinski definition) is 4. The fourth-order valence-electron chi connectivity index (χ4n) is 2.93. The largest absolute Gasteiger partial charge is 0.507 e. The van der Waals surface area contributed by atoms with Crippen LogP contribution in [0.5, 0.6) is 5.75 Å². The Morgan fingerprint density at radius 1 is 1.10 bits per heavy atom. The minimum absolute atomic E-state index is 0.130. The van der Waals surface area contributed by atoms with Gasteiger partial charge in [-0.05, 0) is 43.5 Å². The van der Waals surface area contributed by atoms with Crippen LogP contribution in [0.4, 0.5) is 0 Å². The van der Waals surface area contributed by atoms with Crippen LogP contribution >= 0.6 is 0 Å². The predicted octanol–water partition coefficient (Wildman–Crippen LogP) is 1.60. The Hall–Kier alpha value is -1.59. The minimum Gasteiger partial charge on any atom is -0.507 e. The number of phenols is 1. The number of phenolic OH excluding ortho intramolecular Hbond substituents is 1. The van der Waals surface area contributed by atoms with Crippen molar-refractivity contribution in [2.45, 2.75) is 26.8 Å². The van der Waals surface area contributed by atoms with E-state index in [-0.39, 0.29) is 6.54 Å². The molecule has 1 aromatic rings. The number of aryl methyl sites for hydroxylation is 2. The normalized spacial score (nSPS) is 17.6. The van der Waals surface area contributed by atoms with Crippen molar-refractivity contribution in [3.8, 4) is 5.75 Å². The van der Waals surface area contributed by atoms with Crippen LogP contribution in [0.1, 0.15) is 23.1 Å². The average Bonchev–Trinajstić information content (AvgIpc) is 2.61. The van der Waals surface area contributed by atoms with E-state index >= 15 is 0 Å². The van der Waals surface area contributed by atoms with E-state index in [2.05, 4.69) is 4.90 Å². The minimum atomic E-state index is -0.756. The molecule has 1 aliphatic rings. The molecule has 1 aromatic carbocycles. The van der Waals surface area contributed by atoms with Gasteiger partial charge in [0.15, 0.2) is 0 Å². The molecular weight excluding hydrogens is 268 g/mol. The van der Waals surface area contributed by atoms with E-state index in [1.54, 1.807) is 0 Å². The van der Waals surface area contributed by atoms with Gasteiger partial charge in [-0.15, -0.1) is 0 Å². The summed E-state index contributed by atoms with van der Waals surface area (Å²) in [4.78, 5) is 15.1. The summed E-state index contributed by atoms with van der Waals surface area (Å²) in [6, 6.07) is 4.06. The molecule has 1 aliphatic heterocycles. The third-order valence-electron chi connectivity index (χ3n) is 4.00. The number of aliphatic carboxylic acids is 1. The number of hydrogen-bond donors (Lipinski definition) is 2. The van der Waals surface area contributed by atoms with Gasteiger partial charge in [-0.25, -0.2) is 0 Å². The Morgan fingerprint density at radius 2 is 1.67 bits per heavy atom. The van der Waals surface area contributed by atoms with E-state index in [0.717, 1.165) is 50.3 Å². The number of nitrogens with zero attached hydrogens (tertiary/aromatic N) is 2. The van der Waals surface area contributed by atoms with Gasteiger partial charge in [0, 0.05) is 26.2 Å². The molecule has 1 saturated heterocycles. The molecular formula is C16H24N2O3. The predicted molar refractivity (Wildman–Crippen MR) is 81.6 cm³/mol. The highest BCUT2D eigenvalue weighted by molar-refractivity contribution is 5.69. The smallest absolute Gasteiger partial charge is 0.317 e.